The predicted molar refractivity (Wildman–Crippen MR) is 44.4 cm³/mol. The van der Waals surface area contributed by atoms with Crippen molar-refractivity contribution in [2.75, 3.05) is 6.54 Å². The molecule has 0 aliphatic heterocycles. The molecule has 0 amide bonds. The van der Waals surface area contributed by atoms with Gasteiger partial charge in [0, 0.05) is 12.1 Å². The molecule has 0 saturated heterocycles. The summed E-state index contributed by atoms with van der Waals surface area (Å²) in [7, 11) is 0. The van der Waals surface area contributed by atoms with E-state index in [4.69, 9.17) is 5.11 Å². The quantitative estimate of drug-likeness (QED) is 0.722. The normalized spacial score (nSPS) is 15.9. The highest BCUT2D eigenvalue weighted by Gasteiger charge is 2.38. The minimum atomic E-state index is -4.53. The summed E-state index contributed by atoms with van der Waals surface area (Å²) in [5.74, 6) is 0. The van der Waals surface area contributed by atoms with Crippen LogP contribution in [-0.2, 0) is 0 Å². The molecular weight excluding hydrogens is 183 g/mol. The van der Waals surface area contributed by atoms with E-state index in [1.165, 1.54) is 0 Å². The van der Waals surface area contributed by atoms with Crippen molar-refractivity contribution in [2.45, 2.75) is 45.0 Å². The van der Waals surface area contributed by atoms with Crippen molar-refractivity contribution in [1.82, 2.24) is 5.32 Å². The minimum Gasteiger partial charge on any atom is -0.382 e. The number of hydrogen-bond donors (Lipinski definition) is 2. The Morgan fingerprint density at radius 2 is 1.77 bits per heavy atom. The van der Waals surface area contributed by atoms with Crippen LogP contribution < -0.4 is 5.32 Å². The number of rotatable bonds is 4. The van der Waals surface area contributed by atoms with Gasteiger partial charge in [-0.3, -0.25) is 0 Å². The summed E-state index contributed by atoms with van der Waals surface area (Å²) in [5.41, 5.74) is -0.369. The number of β-amino-alcohol motifs (C(OH)–C–C–N with tert-alkyl or cyclic N) is 1. The Bertz CT molecular complexity index is 156. The van der Waals surface area contributed by atoms with Gasteiger partial charge in [-0.05, 0) is 20.3 Å². The fourth-order valence-electron chi connectivity index (χ4n) is 0.614. The van der Waals surface area contributed by atoms with E-state index in [2.05, 4.69) is 5.32 Å². The maximum atomic E-state index is 11.8. The maximum absolute atomic E-state index is 11.8. The zero-order valence-corrected chi connectivity index (χ0v) is 8.07. The van der Waals surface area contributed by atoms with E-state index in [1.807, 2.05) is 6.92 Å². The Labute approximate surface area is 76.1 Å². The van der Waals surface area contributed by atoms with Crippen molar-refractivity contribution in [3.8, 4) is 0 Å². The van der Waals surface area contributed by atoms with Crippen molar-refractivity contribution in [3.63, 3.8) is 0 Å². The summed E-state index contributed by atoms with van der Waals surface area (Å²) in [5, 5.41) is 11.3. The van der Waals surface area contributed by atoms with Crippen LogP contribution >= 0.6 is 0 Å². The standard InChI is InChI=1S/C8H16F3NO/c1-4-7(2,3)12-5-6(13)8(9,10)11/h6,12-13H,4-5H2,1-3H3. The average molecular weight is 199 g/mol. The van der Waals surface area contributed by atoms with Crippen molar-refractivity contribution >= 4 is 0 Å². The third-order valence-corrected chi connectivity index (χ3v) is 2.04. The first kappa shape index (κ1) is 12.7. The fourth-order valence-corrected chi connectivity index (χ4v) is 0.614. The third kappa shape index (κ3) is 5.10. The Morgan fingerprint density at radius 1 is 1.31 bits per heavy atom. The van der Waals surface area contributed by atoms with E-state index in [1.54, 1.807) is 13.8 Å². The summed E-state index contributed by atoms with van der Waals surface area (Å²) in [4.78, 5) is 0. The largest absolute Gasteiger partial charge is 0.415 e. The highest BCUT2D eigenvalue weighted by molar-refractivity contribution is 4.78. The molecule has 5 heteroatoms. The molecule has 1 atom stereocenters. The number of hydrogen-bond acceptors (Lipinski definition) is 2. The monoisotopic (exact) mass is 199 g/mol. The highest BCUT2D eigenvalue weighted by atomic mass is 19.4. The summed E-state index contributed by atoms with van der Waals surface area (Å²) in [6.07, 6.45) is -6.10. The second kappa shape index (κ2) is 4.28. The van der Waals surface area contributed by atoms with Gasteiger partial charge < -0.3 is 10.4 Å². The van der Waals surface area contributed by atoms with Gasteiger partial charge in [0.1, 0.15) is 0 Å². The first-order valence-corrected chi connectivity index (χ1v) is 4.19. The van der Waals surface area contributed by atoms with E-state index in [-0.39, 0.29) is 5.54 Å². The lowest BCUT2D eigenvalue weighted by Gasteiger charge is -2.26. The minimum absolute atomic E-state index is 0.369. The molecular formula is C8H16F3NO. The number of aliphatic hydroxyl groups excluding tert-OH is 1. The predicted octanol–water partition coefficient (Wildman–Crippen LogP) is 1.69. The van der Waals surface area contributed by atoms with Crippen LogP contribution in [0.25, 0.3) is 0 Å². The average Bonchev–Trinajstić information content (AvgIpc) is 1.98. The lowest BCUT2D eigenvalue weighted by molar-refractivity contribution is -0.202. The van der Waals surface area contributed by atoms with Gasteiger partial charge >= 0.3 is 6.18 Å². The number of nitrogens with one attached hydrogen (secondary N) is 1. The van der Waals surface area contributed by atoms with E-state index < -0.39 is 18.8 Å². The van der Waals surface area contributed by atoms with Crippen LogP contribution in [0.3, 0.4) is 0 Å². The topological polar surface area (TPSA) is 32.3 Å². The van der Waals surface area contributed by atoms with Crippen LogP contribution in [-0.4, -0.2) is 29.5 Å². The molecule has 0 rings (SSSR count). The van der Waals surface area contributed by atoms with Crippen LogP contribution in [0.15, 0.2) is 0 Å². The Morgan fingerprint density at radius 3 is 2.08 bits per heavy atom. The second-order valence-electron chi connectivity index (χ2n) is 3.68. The van der Waals surface area contributed by atoms with E-state index in [0.29, 0.717) is 6.42 Å². The zero-order valence-electron chi connectivity index (χ0n) is 8.07. The molecule has 0 heterocycles. The lowest BCUT2D eigenvalue weighted by atomic mass is 10.0. The van der Waals surface area contributed by atoms with Gasteiger partial charge in [-0.15, -0.1) is 0 Å². The van der Waals surface area contributed by atoms with Crippen LogP contribution in [0, 0.1) is 0 Å². The molecule has 0 saturated carbocycles. The van der Waals surface area contributed by atoms with E-state index >= 15 is 0 Å². The SMILES string of the molecule is CCC(C)(C)NCC(O)C(F)(F)F. The van der Waals surface area contributed by atoms with Gasteiger partial charge in [0.2, 0.25) is 0 Å². The van der Waals surface area contributed by atoms with Gasteiger partial charge in [-0.2, -0.15) is 13.2 Å². The first-order chi connectivity index (χ1) is 5.69. The van der Waals surface area contributed by atoms with E-state index in [0.717, 1.165) is 0 Å². The van der Waals surface area contributed by atoms with Crippen molar-refractivity contribution in [3.05, 3.63) is 0 Å². The highest BCUT2D eigenvalue weighted by Crippen LogP contribution is 2.20. The summed E-state index contributed by atoms with van der Waals surface area (Å²) < 4.78 is 35.5. The van der Waals surface area contributed by atoms with Crippen molar-refractivity contribution < 1.29 is 18.3 Å². The summed E-state index contributed by atoms with van der Waals surface area (Å²) >= 11 is 0. The molecule has 0 aliphatic rings. The van der Waals surface area contributed by atoms with Gasteiger partial charge in [0.25, 0.3) is 0 Å². The molecule has 13 heavy (non-hydrogen) atoms. The number of halogens is 3. The number of alkyl halides is 3. The molecule has 0 aromatic carbocycles. The summed E-state index contributed by atoms with van der Waals surface area (Å²) in [6.45, 7) is 4.99. The lowest BCUT2D eigenvalue weighted by Crippen LogP contribution is -2.47. The zero-order chi connectivity index (χ0) is 10.7. The second-order valence-corrected chi connectivity index (χ2v) is 3.68. The fraction of sp³-hybridized carbons (Fsp3) is 1.00. The van der Waals surface area contributed by atoms with Crippen LogP contribution in [0.2, 0.25) is 0 Å². The van der Waals surface area contributed by atoms with Crippen LogP contribution in [0.5, 0.6) is 0 Å². The van der Waals surface area contributed by atoms with E-state index in [9.17, 15) is 13.2 Å². The Kier molecular flexibility index (Phi) is 4.19. The molecule has 0 aromatic rings. The third-order valence-electron chi connectivity index (χ3n) is 2.04. The molecule has 80 valence electrons. The van der Waals surface area contributed by atoms with Crippen LogP contribution in [0.4, 0.5) is 13.2 Å². The Balaban J connectivity index is 3.90. The number of aliphatic hydroxyl groups is 1. The molecule has 0 aliphatic carbocycles. The van der Waals surface area contributed by atoms with Gasteiger partial charge in [0.05, 0.1) is 0 Å². The van der Waals surface area contributed by atoms with Gasteiger partial charge in [-0.25, -0.2) is 0 Å². The molecule has 0 aromatic heterocycles. The molecule has 0 radical (unpaired) electrons. The summed E-state index contributed by atoms with van der Waals surface area (Å²) in [6, 6.07) is 0. The molecule has 0 spiro atoms. The van der Waals surface area contributed by atoms with Gasteiger partial charge in [-0.1, -0.05) is 6.92 Å². The van der Waals surface area contributed by atoms with Crippen molar-refractivity contribution in [1.29, 1.82) is 0 Å². The molecule has 2 N–H and O–H groups in total. The smallest absolute Gasteiger partial charge is 0.382 e. The first-order valence-electron chi connectivity index (χ1n) is 4.19. The maximum Gasteiger partial charge on any atom is 0.415 e. The van der Waals surface area contributed by atoms with Crippen molar-refractivity contribution in [2.24, 2.45) is 0 Å². The Hall–Kier alpha value is -0.290. The molecule has 0 fully saturated rings. The molecule has 1 unspecified atom stereocenters. The van der Waals surface area contributed by atoms with Crippen LogP contribution in [0.1, 0.15) is 27.2 Å². The molecule has 0 bridgehead atoms. The molecule has 2 nitrogen and oxygen atoms in total. The van der Waals surface area contributed by atoms with Gasteiger partial charge in [0.15, 0.2) is 6.10 Å².